The van der Waals surface area contributed by atoms with Crippen molar-refractivity contribution in [3.05, 3.63) is 56.5 Å². The van der Waals surface area contributed by atoms with Gasteiger partial charge < -0.3 is 10.5 Å². The molecule has 0 heterocycles. The van der Waals surface area contributed by atoms with E-state index in [1.165, 1.54) is 0 Å². The van der Waals surface area contributed by atoms with E-state index in [1.54, 1.807) is 18.2 Å². The van der Waals surface area contributed by atoms with Crippen LogP contribution in [-0.2, 0) is 0 Å². The maximum Gasteiger partial charge on any atom is 0.141 e. The van der Waals surface area contributed by atoms with Crippen LogP contribution >= 0.6 is 39.1 Å². The number of nitrogens with two attached hydrogens (primary N) is 1. The second-order valence-corrected chi connectivity index (χ2v) is 5.91. The van der Waals surface area contributed by atoms with Gasteiger partial charge in [-0.15, -0.1) is 0 Å². The zero-order valence-electron chi connectivity index (χ0n) is 10.2. The van der Waals surface area contributed by atoms with Gasteiger partial charge in [0.05, 0.1) is 4.47 Å². The smallest absolute Gasteiger partial charge is 0.141 e. The molecule has 100 valence electrons. The van der Waals surface area contributed by atoms with Gasteiger partial charge in [0.2, 0.25) is 0 Å². The molecule has 0 aromatic heterocycles. The summed E-state index contributed by atoms with van der Waals surface area (Å²) in [6, 6.07) is 10.8. The van der Waals surface area contributed by atoms with Crippen LogP contribution in [-0.4, -0.2) is 0 Å². The maximum absolute atomic E-state index is 5.93. The molecule has 0 saturated heterocycles. The highest BCUT2D eigenvalue weighted by Crippen LogP contribution is 2.33. The number of hydrogen-bond donors (Lipinski definition) is 1. The van der Waals surface area contributed by atoms with Crippen molar-refractivity contribution in [2.45, 2.75) is 13.0 Å². The Hall–Kier alpha value is -0.740. The molecule has 0 fully saturated rings. The van der Waals surface area contributed by atoms with Gasteiger partial charge in [0.1, 0.15) is 11.5 Å². The molecule has 0 aliphatic carbocycles. The van der Waals surface area contributed by atoms with Gasteiger partial charge >= 0.3 is 0 Å². The van der Waals surface area contributed by atoms with Crippen molar-refractivity contribution in [2.24, 2.45) is 5.73 Å². The van der Waals surface area contributed by atoms with Crippen LogP contribution in [0.4, 0.5) is 0 Å². The second kappa shape index (κ2) is 6.14. The van der Waals surface area contributed by atoms with Crippen LogP contribution in [0.1, 0.15) is 18.5 Å². The van der Waals surface area contributed by atoms with E-state index < -0.39 is 0 Å². The van der Waals surface area contributed by atoms with Gasteiger partial charge in [0.15, 0.2) is 0 Å². The van der Waals surface area contributed by atoms with Crippen molar-refractivity contribution in [3.63, 3.8) is 0 Å². The van der Waals surface area contributed by atoms with Crippen molar-refractivity contribution in [1.82, 2.24) is 0 Å². The van der Waals surface area contributed by atoms with Gasteiger partial charge in [-0.1, -0.05) is 29.3 Å². The molecular formula is C14H12BrCl2NO. The van der Waals surface area contributed by atoms with Crippen LogP contribution in [0.3, 0.4) is 0 Å². The van der Waals surface area contributed by atoms with Gasteiger partial charge in [0.25, 0.3) is 0 Å². The molecule has 1 atom stereocenters. The fourth-order valence-corrected chi connectivity index (χ4v) is 2.58. The van der Waals surface area contributed by atoms with Gasteiger partial charge in [0, 0.05) is 16.1 Å². The third-order valence-corrected chi connectivity index (χ3v) is 3.60. The number of hydrogen-bond acceptors (Lipinski definition) is 2. The Balaban J connectivity index is 2.28. The van der Waals surface area contributed by atoms with Gasteiger partial charge in [-0.25, -0.2) is 0 Å². The van der Waals surface area contributed by atoms with E-state index >= 15 is 0 Å². The summed E-state index contributed by atoms with van der Waals surface area (Å²) in [4.78, 5) is 0. The van der Waals surface area contributed by atoms with Crippen LogP contribution < -0.4 is 10.5 Å². The predicted molar refractivity (Wildman–Crippen MR) is 83.3 cm³/mol. The monoisotopic (exact) mass is 359 g/mol. The molecule has 2 aromatic carbocycles. The highest BCUT2D eigenvalue weighted by Gasteiger charge is 2.07. The lowest BCUT2D eigenvalue weighted by atomic mass is 10.1. The third kappa shape index (κ3) is 3.86. The topological polar surface area (TPSA) is 35.2 Å². The molecule has 0 bridgehead atoms. The Morgan fingerprint density at radius 3 is 2.26 bits per heavy atom. The summed E-state index contributed by atoms with van der Waals surface area (Å²) in [5.41, 5.74) is 6.86. The van der Waals surface area contributed by atoms with E-state index in [0.717, 1.165) is 10.0 Å². The summed E-state index contributed by atoms with van der Waals surface area (Å²) >= 11 is 15.3. The zero-order valence-corrected chi connectivity index (χ0v) is 13.3. The number of halogens is 3. The second-order valence-electron chi connectivity index (χ2n) is 4.19. The summed E-state index contributed by atoms with van der Waals surface area (Å²) in [6.45, 7) is 1.93. The fraction of sp³-hybridized carbons (Fsp3) is 0.143. The van der Waals surface area contributed by atoms with Gasteiger partial charge in [-0.3, -0.25) is 0 Å². The Morgan fingerprint density at radius 1 is 1.11 bits per heavy atom. The van der Waals surface area contributed by atoms with E-state index in [9.17, 15) is 0 Å². The molecule has 2 nitrogen and oxygen atoms in total. The minimum absolute atomic E-state index is 0.0223. The highest BCUT2D eigenvalue weighted by atomic mass is 79.9. The zero-order chi connectivity index (χ0) is 14.0. The lowest BCUT2D eigenvalue weighted by Gasteiger charge is -2.11. The van der Waals surface area contributed by atoms with Crippen molar-refractivity contribution in [1.29, 1.82) is 0 Å². The summed E-state index contributed by atoms with van der Waals surface area (Å²) in [5.74, 6) is 1.27. The third-order valence-electron chi connectivity index (χ3n) is 2.55. The van der Waals surface area contributed by atoms with Crippen LogP contribution in [0, 0.1) is 0 Å². The van der Waals surface area contributed by atoms with Crippen LogP contribution in [0.5, 0.6) is 11.5 Å². The molecule has 2 aromatic rings. The lowest BCUT2D eigenvalue weighted by molar-refractivity contribution is 0.479. The lowest BCUT2D eigenvalue weighted by Crippen LogP contribution is -2.04. The molecule has 0 spiro atoms. The van der Waals surface area contributed by atoms with Crippen molar-refractivity contribution in [2.75, 3.05) is 0 Å². The summed E-state index contributed by atoms with van der Waals surface area (Å²) in [7, 11) is 0. The summed E-state index contributed by atoms with van der Waals surface area (Å²) in [5, 5.41) is 1.07. The van der Waals surface area contributed by atoms with E-state index in [-0.39, 0.29) is 6.04 Å². The van der Waals surface area contributed by atoms with Crippen LogP contribution in [0.25, 0.3) is 0 Å². The standard InChI is InChI=1S/C14H12BrCl2NO/c1-8(18)9-2-3-14(13(15)4-9)19-12-6-10(16)5-11(17)7-12/h2-8H,18H2,1H3. The van der Waals surface area contributed by atoms with Gasteiger partial charge in [-0.05, 0) is 58.7 Å². The molecule has 1 unspecified atom stereocenters. The Labute approximate surface area is 130 Å². The molecule has 5 heteroatoms. The average molecular weight is 361 g/mol. The molecule has 0 saturated carbocycles. The van der Waals surface area contributed by atoms with Crippen molar-refractivity contribution < 1.29 is 4.74 Å². The number of benzene rings is 2. The molecular weight excluding hydrogens is 349 g/mol. The minimum atomic E-state index is -0.0223. The average Bonchev–Trinajstić information content (AvgIpc) is 2.30. The Morgan fingerprint density at radius 2 is 1.74 bits per heavy atom. The van der Waals surface area contributed by atoms with Gasteiger partial charge in [-0.2, -0.15) is 0 Å². The van der Waals surface area contributed by atoms with E-state index in [0.29, 0.717) is 21.5 Å². The van der Waals surface area contributed by atoms with Crippen LogP contribution in [0.15, 0.2) is 40.9 Å². The van der Waals surface area contributed by atoms with Crippen molar-refractivity contribution in [3.8, 4) is 11.5 Å². The van der Waals surface area contributed by atoms with E-state index in [1.807, 2.05) is 25.1 Å². The quantitative estimate of drug-likeness (QED) is 0.776. The van der Waals surface area contributed by atoms with E-state index in [2.05, 4.69) is 15.9 Å². The predicted octanol–water partition coefficient (Wildman–Crippen LogP) is 5.57. The fourth-order valence-electron chi connectivity index (χ4n) is 1.60. The minimum Gasteiger partial charge on any atom is -0.456 e. The highest BCUT2D eigenvalue weighted by molar-refractivity contribution is 9.10. The normalized spacial score (nSPS) is 12.3. The molecule has 2 N–H and O–H groups in total. The summed E-state index contributed by atoms with van der Waals surface area (Å²) < 4.78 is 6.58. The molecule has 0 aliphatic heterocycles. The molecule has 19 heavy (non-hydrogen) atoms. The summed E-state index contributed by atoms with van der Waals surface area (Å²) in [6.07, 6.45) is 0. The SMILES string of the molecule is CC(N)c1ccc(Oc2cc(Cl)cc(Cl)c2)c(Br)c1. The molecule has 2 rings (SSSR count). The van der Waals surface area contributed by atoms with E-state index in [4.69, 9.17) is 33.7 Å². The van der Waals surface area contributed by atoms with Crippen molar-refractivity contribution >= 4 is 39.1 Å². The van der Waals surface area contributed by atoms with Crippen LogP contribution in [0.2, 0.25) is 10.0 Å². The first-order valence-electron chi connectivity index (χ1n) is 5.64. The first kappa shape index (κ1) is 14.7. The molecule has 0 amide bonds. The Kier molecular flexibility index (Phi) is 4.74. The largest absolute Gasteiger partial charge is 0.456 e. The molecule has 0 radical (unpaired) electrons. The number of rotatable bonds is 3. The first-order valence-corrected chi connectivity index (χ1v) is 7.19. The first-order chi connectivity index (χ1) is 8.95. The Bertz CT molecular complexity index is 582. The number of ether oxygens (including phenoxy) is 1. The molecule has 0 aliphatic rings. The maximum atomic E-state index is 5.93.